The molecular formula is C19H26N4O2. The SMILES string of the molecule is Cc1cc(NC(=O)[C@H](C)Nc2ccc(N3CCCCCC3)cc2)no1. The highest BCUT2D eigenvalue weighted by atomic mass is 16.5. The van der Waals surface area contributed by atoms with Gasteiger partial charge in [-0.15, -0.1) is 0 Å². The van der Waals surface area contributed by atoms with E-state index in [0.717, 1.165) is 18.8 Å². The van der Waals surface area contributed by atoms with E-state index in [1.54, 1.807) is 13.0 Å². The molecule has 1 amide bonds. The summed E-state index contributed by atoms with van der Waals surface area (Å²) < 4.78 is 4.95. The topological polar surface area (TPSA) is 70.4 Å². The van der Waals surface area contributed by atoms with Gasteiger partial charge in [0.05, 0.1) is 0 Å². The molecule has 1 aliphatic heterocycles. The highest BCUT2D eigenvalue weighted by Gasteiger charge is 2.15. The molecule has 1 fully saturated rings. The van der Waals surface area contributed by atoms with Crippen LogP contribution >= 0.6 is 0 Å². The molecule has 0 aliphatic carbocycles. The smallest absolute Gasteiger partial charge is 0.247 e. The lowest BCUT2D eigenvalue weighted by Crippen LogP contribution is -2.32. The van der Waals surface area contributed by atoms with Crippen molar-refractivity contribution < 1.29 is 9.32 Å². The van der Waals surface area contributed by atoms with Gasteiger partial charge in [0.15, 0.2) is 5.82 Å². The molecule has 0 unspecified atom stereocenters. The molecule has 2 N–H and O–H groups in total. The van der Waals surface area contributed by atoms with Gasteiger partial charge in [-0.25, -0.2) is 0 Å². The van der Waals surface area contributed by atoms with Crippen LogP contribution in [0.2, 0.25) is 0 Å². The second-order valence-electron chi connectivity index (χ2n) is 6.63. The first-order valence-electron chi connectivity index (χ1n) is 8.97. The molecule has 134 valence electrons. The average molecular weight is 342 g/mol. The minimum Gasteiger partial charge on any atom is -0.374 e. The highest BCUT2D eigenvalue weighted by molar-refractivity contribution is 5.95. The molecule has 0 spiro atoms. The Kier molecular flexibility index (Phi) is 5.58. The first-order chi connectivity index (χ1) is 12.1. The van der Waals surface area contributed by atoms with Crippen LogP contribution in [0.3, 0.4) is 0 Å². The molecule has 25 heavy (non-hydrogen) atoms. The maximum atomic E-state index is 12.2. The number of hydrogen-bond acceptors (Lipinski definition) is 5. The van der Waals surface area contributed by atoms with E-state index in [9.17, 15) is 4.79 Å². The van der Waals surface area contributed by atoms with Gasteiger partial charge in [0.1, 0.15) is 11.8 Å². The summed E-state index contributed by atoms with van der Waals surface area (Å²) in [5.74, 6) is 0.956. The number of nitrogens with one attached hydrogen (secondary N) is 2. The summed E-state index contributed by atoms with van der Waals surface area (Å²) in [6.07, 6.45) is 5.18. The maximum Gasteiger partial charge on any atom is 0.247 e. The lowest BCUT2D eigenvalue weighted by atomic mass is 10.2. The summed E-state index contributed by atoms with van der Waals surface area (Å²) >= 11 is 0. The molecular weight excluding hydrogens is 316 g/mol. The van der Waals surface area contributed by atoms with Crippen molar-refractivity contribution in [2.75, 3.05) is 28.6 Å². The fraction of sp³-hybridized carbons (Fsp3) is 0.474. The fourth-order valence-electron chi connectivity index (χ4n) is 3.07. The van der Waals surface area contributed by atoms with Gasteiger partial charge < -0.3 is 20.1 Å². The number of benzene rings is 1. The van der Waals surface area contributed by atoms with Crippen LogP contribution in [0.15, 0.2) is 34.9 Å². The van der Waals surface area contributed by atoms with Gasteiger partial charge in [-0.2, -0.15) is 0 Å². The number of carbonyl (C=O) groups is 1. The molecule has 6 nitrogen and oxygen atoms in total. The third-order valence-electron chi connectivity index (χ3n) is 4.49. The third-order valence-corrected chi connectivity index (χ3v) is 4.49. The fourth-order valence-corrected chi connectivity index (χ4v) is 3.07. The molecule has 1 aliphatic rings. The van der Waals surface area contributed by atoms with Crippen molar-refractivity contribution in [1.29, 1.82) is 0 Å². The van der Waals surface area contributed by atoms with Crippen LogP contribution in [0.4, 0.5) is 17.2 Å². The van der Waals surface area contributed by atoms with Crippen molar-refractivity contribution >= 4 is 23.1 Å². The summed E-state index contributed by atoms with van der Waals surface area (Å²) in [6.45, 7) is 5.87. The van der Waals surface area contributed by atoms with Crippen LogP contribution in [0.1, 0.15) is 38.4 Å². The molecule has 0 radical (unpaired) electrons. The van der Waals surface area contributed by atoms with Gasteiger partial charge in [0, 0.05) is 30.5 Å². The predicted octanol–water partition coefficient (Wildman–Crippen LogP) is 3.80. The van der Waals surface area contributed by atoms with Gasteiger partial charge in [0.25, 0.3) is 0 Å². The van der Waals surface area contributed by atoms with E-state index in [2.05, 4.69) is 32.8 Å². The summed E-state index contributed by atoms with van der Waals surface area (Å²) in [5, 5.41) is 9.74. The van der Waals surface area contributed by atoms with Crippen molar-refractivity contribution in [2.45, 2.75) is 45.6 Å². The van der Waals surface area contributed by atoms with E-state index < -0.39 is 0 Å². The van der Waals surface area contributed by atoms with Crippen molar-refractivity contribution in [3.63, 3.8) is 0 Å². The maximum absolute atomic E-state index is 12.2. The number of nitrogens with zero attached hydrogens (tertiary/aromatic N) is 2. The third kappa shape index (κ3) is 4.75. The van der Waals surface area contributed by atoms with E-state index in [1.165, 1.54) is 31.4 Å². The number of aromatic nitrogens is 1. The van der Waals surface area contributed by atoms with Crippen molar-refractivity contribution in [2.24, 2.45) is 0 Å². The van der Waals surface area contributed by atoms with Gasteiger partial charge in [-0.3, -0.25) is 4.79 Å². The Morgan fingerprint density at radius 1 is 1.16 bits per heavy atom. The van der Waals surface area contributed by atoms with Crippen LogP contribution in [0.25, 0.3) is 0 Å². The minimum atomic E-state index is -0.374. The largest absolute Gasteiger partial charge is 0.374 e. The molecule has 2 aromatic rings. The van der Waals surface area contributed by atoms with Crippen molar-refractivity contribution in [3.05, 3.63) is 36.1 Å². The first-order valence-corrected chi connectivity index (χ1v) is 8.97. The zero-order valence-electron chi connectivity index (χ0n) is 14.9. The van der Waals surface area contributed by atoms with Crippen LogP contribution in [-0.4, -0.2) is 30.2 Å². The normalized spacial score (nSPS) is 16.2. The van der Waals surface area contributed by atoms with Crippen molar-refractivity contribution in [1.82, 2.24) is 5.16 Å². The van der Waals surface area contributed by atoms with Crippen LogP contribution in [0, 0.1) is 6.92 Å². The lowest BCUT2D eigenvalue weighted by molar-refractivity contribution is -0.116. The number of carbonyl (C=O) groups excluding carboxylic acids is 1. The monoisotopic (exact) mass is 342 g/mol. The van der Waals surface area contributed by atoms with Gasteiger partial charge in [-0.05, 0) is 51.0 Å². The Bertz CT molecular complexity index is 688. The van der Waals surface area contributed by atoms with E-state index in [0.29, 0.717) is 11.6 Å². The molecule has 3 rings (SSSR count). The van der Waals surface area contributed by atoms with Gasteiger partial charge >= 0.3 is 0 Å². The van der Waals surface area contributed by atoms with Crippen LogP contribution in [0.5, 0.6) is 0 Å². The van der Waals surface area contributed by atoms with Gasteiger partial charge in [-0.1, -0.05) is 18.0 Å². The van der Waals surface area contributed by atoms with Crippen molar-refractivity contribution in [3.8, 4) is 0 Å². The molecule has 1 saturated heterocycles. The second-order valence-corrected chi connectivity index (χ2v) is 6.63. The zero-order chi connectivity index (χ0) is 17.6. The summed E-state index contributed by atoms with van der Waals surface area (Å²) in [4.78, 5) is 14.7. The first kappa shape index (κ1) is 17.3. The Labute approximate surface area is 148 Å². The minimum absolute atomic E-state index is 0.148. The number of amides is 1. The Morgan fingerprint density at radius 2 is 1.84 bits per heavy atom. The van der Waals surface area contributed by atoms with E-state index in [4.69, 9.17) is 4.52 Å². The van der Waals surface area contributed by atoms with E-state index in [1.807, 2.05) is 19.1 Å². The molecule has 0 bridgehead atoms. The summed E-state index contributed by atoms with van der Waals surface area (Å²) in [7, 11) is 0. The number of aryl methyl sites for hydroxylation is 1. The Morgan fingerprint density at radius 3 is 2.44 bits per heavy atom. The van der Waals surface area contributed by atoms with E-state index in [-0.39, 0.29) is 11.9 Å². The quantitative estimate of drug-likeness (QED) is 0.865. The number of anilines is 3. The average Bonchev–Trinajstić information content (AvgIpc) is 2.86. The molecule has 1 aromatic carbocycles. The van der Waals surface area contributed by atoms with Gasteiger partial charge in [0.2, 0.25) is 5.91 Å². The zero-order valence-corrected chi connectivity index (χ0v) is 14.9. The second kappa shape index (κ2) is 8.05. The van der Waals surface area contributed by atoms with Crippen LogP contribution < -0.4 is 15.5 Å². The standard InChI is InChI=1S/C19H26N4O2/c1-14-13-18(22-25-14)21-19(24)15(2)20-16-7-9-17(10-8-16)23-11-5-3-4-6-12-23/h7-10,13,15,20H,3-6,11-12H2,1-2H3,(H,21,22,24)/t15-/m0/s1. The highest BCUT2D eigenvalue weighted by Crippen LogP contribution is 2.22. The predicted molar refractivity (Wildman–Crippen MR) is 100 cm³/mol. The summed E-state index contributed by atoms with van der Waals surface area (Å²) in [5.41, 5.74) is 2.18. The number of rotatable bonds is 5. The molecule has 2 heterocycles. The molecule has 0 saturated carbocycles. The Hall–Kier alpha value is -2.50. The Balaban J connectivity index is 1.55. The number of hydrogen-bond donors (Lipinski definition) is 2. The van der Waals surface area contributed by atoms with Crippen LogP contribution in [-0.2, 0) is 4.79 Å². The lowest BCUT2D eigenvalue weighted by Gasteiger charge is -2.23. The summed E-state index contributed by atoms with van der Waals surface area (Å²) in [6, 6.07) is 9.63. The molecule has 6 heteroatoms. The molecule has 1 aromatic heterocycles. The van der Waals surface area contributed by atoms with E-state index >= 15 is 0 Å². The molecule has 1 atom stereocenters.